The van der Waals surface area contributed by atoms with Crippen molar-refractivity contribution in [2.75, 3.05) is 13.2 Å². The topological polar surface area (TPSA) is 56.1 Å². The van der Waals surface area contributed by atoms with Crippen molar-refractivity contribution in [1.29, 1.82) is 0 Å². The van der Waals surface area contributed by atoms with Gasteiger partial charge in [-0.15, -0.1) is 0 Å². The predicted molar refractivity (Wildman–Crippen MR) is 117 cm³/mol. The van der Waals surface area contributed by atoms with Crippen LogP contribution in [0.3, 0.4) is 0 Å². The Morgan fingerprint density at radius 1 is 1.10 bits per heavy atom. The van der Waals surface area contributed by atoms with E-state index in [2.05, 4.69) is 5.32 Å². The minimum Gasteiger partial charge on any atom is -0.376 e. The Kier molecular flexibility index (Phi) is 5.55. The van der Waals surface area contributed by atoms with Crippen molar-refractivity contribution in [2.24, 2.45) is 0 Å². The van der Waals surface area contributed by atoms with Gasteiger partial charge in [0.2, 0.25) is 0 Å². The molecule has 1 fully saturated rings. The van der Waals surface area contributed by atoms with Crippen LogP contribution in [-0.4, -0.2) is 34.9 Å². The van der Waals surface area contributed by atoms with Crippen molar-refractivity contribution in [1.82, 2.24) is 15.1 Å². The normalized spacial score (nSPS) is 18.0. The smallest absolute Gasteiger partial charge is 0.251 e. The molecule has 2 aliphatic rings. The average Bonchev–Trinajstić information content (AvgIpc) is 3.46. The molecule has 2 aromatic carbocycles. The summed E-state index contributed by atoms with van der Waals surface area (Å²) in [5, 5.41) is 7.78. The highest BCUT2D eigenvalue weighted by Gasteiger charge is 2.24. The van der Waals surface area contributed by atoms with E-state index in [4.69, 9.17) is 9.84 Å². The standard InChI is InChI=1S/C25H26FN3O2/c26-22-9-3-1-7-20(22)24-21-8-2-4-10-23(21)28-29(24)18-13-11-17(12-14-18)25(30)27-16-19-6-5-15-31-19/h1,3,7,9,11-14,19H,2,4-6,8,10,15-16H2,(H,27,30)/t19-/m0/s1. The summed E-state index contributed by atoms with van der Waals surface area (Å²) in [5.74, 6) is -0.363. The molecule has 1 N–H and O–H groups in total. The van der Waals surface area contributed by atoms with Crippen LogP contribution >= 0.6 is 0 Å². The van der Waals surface area contributed by atoms with Gasteiger partial charge in [-0.25, -0.2) is 9.07 Å². The van der Waals surface area contributed by atoms with Crippen molar-refractivity contribution in [3.05, 3.63) is 71.2 Å². The number of ether oxygens (including phenoxy) is 1. The van der Waals surface area contributed by atoms with E-state index in [9.17, 15) is 9.18 Å². The molecule has 1 aromatic heterocycles. The van der Waals surface area contributed by atoms with Crippen LogP contribution in [0.5, 0.6) is 0 Å². The summed E-state index contributed by atoms with van der Waals surface area (Å²) in [5.41, 5.74) is 4.98. The van der Waals surface area contributed by atoms with E-state index < -0.39 is 0 Å². The van der Waals surface area contributed by atoms with Crippen molar-refractivity contribution >= 4 is 5.91 Å². The summed E-state index contributed by atoms with van der Waals surface area (Å²) < 4.78 is 22.1. The molecule has 1 amide bonds. The van der Waals surface area contributed by atoms with Gasteiger partial charge in [0, 0.05) is 29.8 Å². The highest BCUT2D eigenvalue weighted by atomic mass is 19.1. The Balaban J connectivity index is 1.44. The maximum Gasteiger partial charge on any atom is 0.251 e. The number of amides is 1. The zero-order chi connectivity index (χ0) is 21.2. The summed E-state index contributed by atoms with van der Waals surface area (Å²) in [7, 11) is 0. The monoisotopic (exact) mass is 419 g/mol. The molecule has 5 rings (SSSR count). The SMILES string of the molecule is O=C(NC[C@@H]1CCCO1)c1ccc(-n2nc3c(c2-c2ccccc2F)CCCC3)cc1. The quantitative estimate of drug-likeness (QED) is 0.664. The Labute approximate surface area is 181 Å². The number of hydrogen-bond donors (Lipinski definition) is 1. The number of nitrogens with one attached hydrogen (secondary N) is 1. The number of carbonyl (C=O) groups excluding carboxylic acids is 1. The number of fused-ring (bicyclic) bond motifs is 1. The molecule has 0 unspecified atom stereocenters. The largest absolute Gasteiger partial charge is 0.376 e. The predicted octanol–water partition coefficient (Wildman–Crippen LogP) is 4.47. The molecule has 2 heterocycles. The molecule has 0 saturated carbocycles. The van der Waals surface area contributed by atoms with Crippen molar-refractivity contribution in [2.45, 2.75) is 44.6 Å². The molecule has 3 aromatic rings. The summed E-state index contributed by atoms with van der Waals surface area (Å²) in [6.45, 7) is 1.30. The highest BCUT2D eigenvalue weighted by molar-refractivity contribution is 5.94. The third kappa shape index (κ3) is 4.00. The lowest BCUT2D eigenvalue weighted by Gasteiger charge is -2.13. The first kappa shape index (κ1) is 19.9. The molecule has 1 aliphatic carbocycles. The maximum atomic E-state index is 14.7. The maximum absolute atomic E-state index is 14.7. The number of aromatic nitrogens is 2. The Bertz CT molecular complexity index is 1080. The number of rotatable bonds is 5. The number of halogens is 1. The molecule has 0 radical (unpaired) electrons. The molecule has 1 atom stereocenters. The second kappa shape index (κ2) is 8.63. The summed E-state index contributed by atoms with van der Waals surface area (Å²) >= 11 is 0. The van der Waals surface area contributed by atoms with Crippen LogP contribution in [0.15, 0.2) is 48.5 Å². The van der Waals surface area contributed by atoms with Crippen LogP contribution in [0.4, 0.5) is 4.39 Å². The average molecular weight is 420 g/mol. The van der Waals surface area contributed by atoms with E-state index in [0.29, 0.717) is 17.7 Å². The molecule has 31 heavy (non-hydrogen) atoms. The lowest BCUT2D eigenvalue weighted by atomic mass is 9.93. The van der Waals surface area contributed by atoms with E-state index in [1.165, 1.54) is 6.07 Å². The number of aryl methyl sites for hydroxylation is 1. The lowest BCUT2D eigenvalue weighted by molar-refractivity contribution is 0.0858. The van der Waals surface area contributed by atoms with Gasteiger partial charge in [0.15, 0.2) is 0 Å². The number of hydrogen-bond acceptors (Lipinski definition) is 3. The first-order chi connectivity index (χ1) is 15.2. The number of nitrogens with zero attached hydrogens (tertiary/aromatic N) is 2. The molecule has 160 valence electrons. The molecule has 5 nitrogen and oxygen atoms in total. The summed E-state index contributed by atoms with van der Waals surface area (Å²) in [4.78, 5) is 12.5. The van der Waals surface area contributed by atoms with Gasteiger partial charge in [0.1, 0.15) is 5.82 Å². The molecule has 6 heteroatoms. The van der Waals surface area contributed by atoms with Crippen molar-refractivity contribution in [3.63, 3.8) is 0 Å². The van der Waals surface area contributed by atoms with E-state index in [-0.39, 0.29) is 17.8 Å². The van der Waals surface area contributed by atoms with E-state index in [1.807, 2.05) is 28.9 Å². The summed E-state index contributed by atoms with van der Waals surface area (Å²) in [6, 6.07) is 14.2. The first-order valence-corrected chi connectivity index (χ1v) is 11.1. The van der Waals surface area contributed by atoms with Crippen LogP contribution in [0.1, 0.15) is 47.3 Å². The molecule has 0 spiro atoms. The minimum atomic E-state index is -0.248. The Morgan fingerprint density at radius 2 is 1.90 bits per heavy atom. The minimum absolute atomic E-state index is 0.113. The van der Waals surface area contributed by atoms with Gasteiger partial charge < -0.3 is 10.1 Å². The lowest BCUT2D eigenvalue weighted by Crippen LogP contribution is -2.31. The van der Waals surface area contributed by atoms with E-state index in [0.717, 1.165) is 67.8 Å². The number of benzene rings is 2. The van der Waals surface area contributed by atoms with Gasteiger partial charge in [-0.3, -0.25) is 4.79 Å². The fourth-order valence-corrected chi connectivity index (χ4v) is 4.54. The van der Waals surface area contributed by atoms with Crippen LogP contribution in [0, 0.1) is 5.82 Å². The van der Waals surface area contributed by atoms with E-state index in [1.54, 1.807) is 18.2 Å². The molecular formula is C25H26FN3O2. The molecule has 1 saturated heterocycles. The van der Waals surface area contributed by atoms with Crippen molar-refractivity contribution < 1.29 is 13.9 Å². The van der Waals surface area contributed by atoms with Gasteiger partial charge in [-0.2, -0.15) is 5.10 Å². The highest BCUT2D eigenvalue weighted by Crippen LogP contribution is 2.34. The zero-order valence-electron chi connectivity index (χ0n) is 17.4. The van der Waals surface area contributed by atoms with Gasteiger partial charge >= 0.3 is 0 Å². The third-order valence-corrected chi connectivity index (χ3v) is 6.17. The van der Waals surface area contributed by atoms with Gasteiger partial charge in [0.05, 0.1) is 23.2 Å². The molecule has 0 bridgehead atoms. The molecular weight excluding hydrogens is 393 g/mol. The van der Waals surface area contributed by atoms with Crippen LogP contribution in [-0.2, 0) is 17.6 Å². The van der Waals surface area contributed by atoms with Crippen LogP contribution < -0.4 is 5.32 Å². The number of carbonyl (C=O) groups is 1. The Morgan fingerprint density at radius 3 is 2.68 bits per heavy atom. The fourth-order valence-electron chi connectivity index (χ4n) is 4.54. The first-order valence-electron chi connectivity index (χ1n) is 11.1. The van der Waals surface area contributed by atoms with Gasteiger partial charge in [-0.1, -0.05) is 12.1 Å². The van der Waals surface area contributed by atoms with Crippen LogP contribution in [0.25, 0.3) is 16.9 Å². The zero-order valence-corrected chi connectivity index (χ0v) is 17.4. The van der Waals surface area contributed by atoms with Gasteiger partial charge in [-0.05, 0) is 74.9 Å². The van der Waals surface area contributed by atoms with Crippen molar-refractivity contribution in [3.8, 4) is 16.9 Å². The van der Waals surface area contributed by atoms with Crippen LogP contribution in [0.2, 0.25) is 0 Å². The third-order valence-electron chi connectivity index (χ3n) is 6.17. The fraction of sp³-hybridized carbons (Fsp3) is 0.360. The molecule has 1 aliphatic heterocycles. The summed E-state index contributed by atoms with van der Waals surface area (Å²) in [6.07, 6.45) is 6.15. The second-order valence-corrected chi connectivity index (χ2v) is 8.26. The van der Waals surface area contributed by atoms with E-state index >= 15 is 0 Å². The second-order valence-electron chi connectivity index (χ2n) is 8.26. The Hall–Kier alpha value is -2.99. The van der Waals surface area contributed by atoms with Gasteiger partial charge in [0.25, 0.3) is 5.91 Å².